The summed E-state index contributed by atoms with van der Waals surface area (Å²) in [5, 5.41) is 14.2. The van der Waals surface area contributed by atoms with Crippen LogP contribution in [0, 0.1) is 13.8 Å². The van der Waals surface area contributed by atoms with Crippen LogP contribution in [0.1, 0.15) is 38.8 Å². The molecule has 4 nitrogen and oxygen atoms in total. The van der Waals surface area contributed by atoms with Crippen molar-refractivity contribution in [2.24, 2.45) is 0 Å². The van der Waals surface area contributed by atoms with E-state index in [-0.39, 0.29) is 11.7 Å². The fraction of sp³-hybridized carbons (Fsp3) is 0.333. The summed E-state index contributed by atoms with van der Waals surface area (Å²) in [6.07, 6.45) is 0. The second-order valence-corrected chi connectivity index (χ2v) is 6.40. The maximum atomic E-state index is 10.7. The molecule has 0 fully saturated rings. The number of aryl methyl sites for hydroxylation is 2. The average Bonchev–Trinajstić information content (AvgIpc) is 2.85. The Kier molecular flexibility index (Phi) is 3.68. The van der Waals surface area contributed by atoms with Crippen molar-refractivity contribution in [3.63, 3.8) is 0 Å². The molecule has 0 aliphatic heterocycles. The molecular formula is C12H14N2O2S2. The van der Waals surface area contributed by atoms with Gasteiger partial charge in [-0.25, -0.2) is 9.78 Å². The number of thiazole rings is 1. The first-order chi connectivity index (χ1) is 8.47. The van der Waals surface area contributed by atoms with Gasteiger partial charge in [-0.1, -0.05) is 0 Å². The lowest BCUT2D eigenvalue weighted by atomic mass is 10.1. The van der Waals surface area contributed by atoms with Crippen molar-refractivity contribution < 1.29 is 9.90 Å². The topological polar surface area (TPSA) is 62.2 Å². The van der Waals surface area contributed by atoms with Crippen molar-refractivity contribution in [1.82, 2.24) is 4.98 Å². The van der Waals surface area contributed by atoms with Gasteiger partial charge in [0.05, 0.1) is 6.04 Å². The van der Waals surface area contributed by atoms with Crippen LogP contribution >= 0.6 is 22.7 Å². The lowest BCUT2D eigenvalue weighted by Gasteiger charge is -2.12. The van der Waals surface area contributed by atoms with E-state index in [1.165, 1.54) is 26.7 Å². The molecule has 2 rings (SSSR count). The largest absolute Gasteiger partial charge is 0.476 e. The summed E-state index contributed by atoms with van der Waals surface area (Å²) in [4.78, 5) is 17.3. The standard InChI is InChI=1S/C12H14N2O2S2/c1-6-4-9(8(3)18-6)7(2)13-12-14-10(5-17-12)11(15)16/h4-5,7H,1-3H3,(H,13,14)(H,15,16). The molecule has 2 aromatic heterocycles. The molecule has 2 N–H and O–H groups in total. The van der Waals surface area contributed by atoms with Crippen molar-refractivity contribution in [3.8, 4) is 0 Å². The van der Waals surface area contributed by atoms with Crippen LogP contribution in [-0.4, -0.2) is 16.1 Å². The maximum Gasteiger partial charge on any atom is 0.355 e. The highest BCUT2D eigenvalue weighted by atomic mass is 32.1. The zero-order chi connectivity index (χ0) is 13.3. The monoisotopic (exact) mass is 282 g/mol. The van der Waals surface area contributed by atoms with Gasteiger partial charge in [-0.15, -0.1) is 22.7 Å². The Morgan fingerprint density at radius 2 is 2.22 bits per heavy atom. The second kappa shape index (κ2) is 5.07. The summed E-state index contributed by atoms with van der Waals surface area (Å²) in [6, 6.07) is 2.28. The van der Waals surface area contributed by atoms with Gasteiger partial charge in [-0.05, 0) is 32.4 Å². The van der Waals surface area contributed by atoms with Crippen molar-refractivity contribution in [2.75, 3.05) is 5.32 Å². The van der Waals surface area contributed by atoms with E-state index in [4.69, 9.17) is 5.11 Å². The molecule has 18 heavy (non-hydrogen) atoms. The van der Waals surface area contributed by atoms with Crippen LogP contribution in [0.4, 0.5) is 5.13 Å². The minimum atomic E-state index is -0.991. The summed E-state index contributed by atoms with van der Waals surface area (Å²) in [6.45, 7) is 6.23. The number of hydrogen-bond donors (Lipinski definition) is 2. The number of anilines is 1. The van der Waals surface area contributed by atoms with E-state index in [0.717, 1.165) is 0 Å². The van der Waals surface area contributed by atoms with E-state index < -0.39 is 5.97 Å². The van der Waals surface area contributed by atoms with E-state index in [0.29, 0.717) is 5.13 Å². The first-order valence-electron chi connectivity index (χ1n) is 5.49. The Bertz CT molecular complexity index is 574. The number of nitrogens with zero attached hydrogens (tertiary/aromatic N) is 1. The van der Waals surface area contributed by atoms with Crippen molar-refractivity contribution in [3.05, 3.63) is 32.5 Å². The summed E-state index contributed by atoms with van der Waals surface area (Å²) >= 11 is 3.08. The van der Waals surface area contributed by atoms with E-state index >= 15 is 0 Å². The summed E-state index contributed by atoms with van der Waals surface area (Å²) in [5.74, 6) is -0.991. The number of aromatic carboxylic acids is 1. The van der Waals surface area contributed by atoms with Gasteiger partial charge < -0.3 is 10.4 Å². The Labute approximate surface area is 113 Å². The molecule has 0 spiro atoms. The second-order valence-electron chi connectivity index (χ2n) is 4.08. The lowest BCUT2D eigenvalue weighted by molar-refractivity contribution is 0.0691. The Balaban J connectivity index is 2.13. The van der Waals surface area contributed by atoms with Crippen LogP contribution in [0.2, 0.25) is 0 Å². The molecule has 0 aliphatic carbocycles. The first-order valence-corrected chi connectivity index (χ1v) is 7.19. The van der Waals surface area contributed by atoms with E-state index in [2.05, 4.69) is 37.1 Å². The number of carboxylic acids is 1. The summed E-state index contributed by atoms with van der Waals surface area (Å²) in [5.41, 5.74) is 1.33. The Hall–Kier alpha value is -1.40. The molecule has 0 aliphatic rings. The minimum absolute atomic E-state index is 0.0907. The van der Waals surface area contributed by atoms with Crippen LogP contribution in [-0.2, 0) is 0 Å². The van der Waals surface area contributed by atoms with E-state index in [1.54, 1.807) is 16.7 Å². The molecule has 0 radical (unpaired) electrons. The fourth-order valence-corrected chi connectivity index (χ4v) is 3.58. The molecule has 0 amide bonds. The van der Waals surface area contributed by atoms with Gasteiger partial charge in [0.2, 0.25) is 0 Å². The summed E-state index contributed by atoms with van der Waals surface area (Å²) < 4.78 is 0. The van der Waals surface area contributed by atoms with Gasteiger partial charge in [0, 0.05) is 15.1 Å². The van der Waals surface area contributed by atoms with Gasteiger partial charge in [-0.2, -0.15) is 0 Å². The van der Waals surface area contributed by atoms with Crippen LogP contribution in [0.5, 0.6) is 0 Å². The predicted octanol–water partition coefficient (Wildman–Crippen LogP) is 3.69. The summed E-state index contributed by atoms with van der Waals surface area (Å²) in [7, 11) is 0. The number of thiophene rings is 1. The molecular weight excluding hydrogens is 268 g/mol. The van der Waals surface area contributed by atoms with Gasteiger partial charge in [-0.3, -0.25) is 0 Å². The average molecular weight is 282 g/mol. The Morgan fingerprint density at radius 3 is 2.72 bits per heavy atom. The first kappa shape index (κ1) is 13.0. The maximum absolute atomic E-state index is 10.7. The number of hydrogen-bond acceptors (Lipinski definition) is 5. The zero-order valence-electron chi connectivity index (χ0n) is 10.4. The third-order valence-electron chi connectivity index (χ3n) is 2.61. The minimum Gasteiger partial charge on any atom is -0.476 e. The van der Waals surface area contributed by atoms with Crippen LogP contribution < -0.4 is 5.32 Å². The van der Waals surface area contributed by atoms with Gasteiger partial charge in [0.25, 0.3) is 0 Å². The van der Waals surface area contributed by atoms with Gasteiger partial charge in [0.1, 0.15) is 0 Å². The molecule has 0 saturated carbocycles. The number of rotatable bonds is 4. The molecule has 0 bridgehead atoms. The van der Waals surface area contributed by atoms with Crippen molar-refractivity contribution >= 4 is 33.8 Å². The third kappa shape index (κ3) is 2.70. The third-order valence-corrected chi connectivity index (χ3v) is 4.36. The van der Waals surface area contributed by atoms with Crippen LogP contribution in [0.25, 0.3) is 0 Å². The molecule has 0 saturated heterocycles. The highest BCUT2D eigenvalue weighted by Gasteiger charge is 2.14. The fourth-order valence-electron chi connectivity index (χ4n) is 1.78. The number of aromatic nitrogens is 1. The van der Waals surface area contributed by atoms with Crippen LogP contribution in [0.15, 0.2) is 11.4 Å². The van der Waals surface area contributed by atoms with Crippen molar-refractivity contribution in [2.45, 2.75) is 26.8 Å². The molecule has 1 atom stereocenters. The quantitative estimate of drug-likeness (QED) is 0.897. The van der Waals surface area contributed by atoms with E-state index in [1.807, 2.05) is 0 Å². The predicted molar refractivity (Wildman–Crippen MR) is 74.9 cm³/mol. The lowest BCUT2D eigenvalue weighted by Crippen LogP contribution is -2.07. The normalized spacial score (nSPS) is 12.4. The molecule has 2 aromatic rings. The van der Waals surface area contributed by atoms with Gasteiger partial charge >= 0.3 is 5.97 Å². The number of carboxylic acid groups (broad SMARTS) is 1. The molecule has 2 heterocycles. The van der Waals surface area contributed by atoms with Crippen molar-refractivity contribution in [1.29, 1.82) is 0 Å². The molecule has 96 valence electrons. The highest BCUT2D eigenvalue weighted by molar-refractivity contribution is 7.14. The van der Waals surface area contributed by atoms with E-state index in [9.17, 15) is 4.79 Å². The number of nitrogens with one attached hydrogen (secondary N) is 1. The SMILES string of the molecule is Cc1cc(C(C)Nc2nc(C(=O)O)cs2)c(C)s1. The molecule has 0 aromatic carbocycles. The van der Waals surface area contributed by atoms with Gasteiger partial charge in [0.15, 0.2) is 10.8 Å². The number of carbonyl (C=O) groups is 1. The molecule has 6 heteroatoms. The smallest absolute Gasteiger partial charge is 0.355 e. The van der Waals surface area contributed by atoms with Crippen LogP contribution in [0.3, 0.4) is 0 Å². The Morgan fingerprint density at radius 1 is 1.50 bits per heavy atom. The molecule has 1 unspecified atom stereocenters. The zero-order valence-corrected chi connectivity index (χ0v) is 12.0. The highest BCUT2D eigenvalue weighted by Crippen LogP contribution is 2.29.